The van der Waals surface area contributed by atoms with Gasteiger partial charge < -0.3 is 10.1 Å². The molecule has 1 aliphatic rings. The maximum absolute atomic E-state index is 12.2. The number of carbonyl (C=O) groups is 2. The lowest BCUT2D eigenvalue weighted by molar-refractivity contribution is -0.122. The first-order chi connectivity index (χ1) is 11.0. The summed E-state index contributed by atoms with van der Waals surface area (Å²) in [5.74, 6) is 2.66. The van der Waals surface area contributed by atoms with Crippen LogP contribution in [0.4, 0.5) is 4.79 Å². The summed E-state index contributed by atoms with van der Waals surface area (Å²) in [6.07, 6.45) is 7.52. The van der Waals surface area contributed by atoms with Crippen molar-refractivity contribution in [2.75, 3.05) is 13.2 Å². The number of hydrogen-bond donors (Lipinski definition) is 1. The maximum Gasteiger partial charge on any atom is 0.329 e. The van der Waals surface area contributed by atoms with Crippen molar-refractivity contribution in [3.05, 3.63) is 32.3 Å². The molecule has 7 heteroatoms. The molecule has 0 unspecified atom stereocenters. The Hall–Kier alpha value is -1.78. The molecule has 23 heavy (non-hydrogen) atoms. The highest BCUT2D eigenvalue weighted by Gasteiger charge is 2.32. The highest BCUT2D eigenvalue weighted by atomic mass is 79.9. The van der Waals surface area contributed by atoms with E-state index >= 15 is 0 Å². The van der Waals surface area contributed by atoms with Crippen molar-refractivity contribution < 1.29 is 14.3 Å². The Kier molecular flexibility index (Phi) is 5.85. The molecule has 1 heterocycles. The summed E-state index contributed by atoms with van der Waals surface area (Å²) in [7, 11) is 0. The molecule has 1 fully saturated rings. The zero-order chi connectivity index (χ0) is 17.0. The summed E-state index contributed by atoms with van der Waals surface area (Å²) in [6.45, 7) is 2.46. The zero-order valence-corrected chi connectivity index (χ0v) is 15.5. The van der Waals surface area contributed by atoms with E-state index in [9.17, 15) is 9.59 Å². The van der Waals surface area contributed by atoms with Gasteiger partial charge in [0.15, 0.2) is 0 Å². The first-order valence-corrected chi connectivity index (χ1v) is 8.46. The second kappa shape index (κ2) is 7.66. The minimum absolute atomic E-state index is 0.151. The average Bonchev–Trinajstić information content (AvgIpc) is 2.74. The zero-order valence-electron chi connectivity index (χ0n) is 12.4. The van der Waals surface area contributed by atoms with Gasteiger partial charge in [0.1, 0.15) is 18.1 Å². The van der Waals surface area contributed by atoms with Gasteiger partial charge in [-0.2, -0.15) is 0 Å². The third kappa shape index (κ3) is 3.95. The molecule has 0 atom stereocenters. The number of benzene rings is 1. The Labute approximate surface area is 151 Å². The number of terminal acetylenes is 1. The summed E-state index contributed by atoms with van der Waals surface area (Å²) in [4.78, 5) is 25.2. The molecule has 0 aliphatic carbocycles. The molecule has 1 aliphatic heterocycles. The van der Waals surface area contributed by atoms with Crippen molar-refractivity contribution in [1.82, 2.24) is 10.2 Å². The molecule has 0 radical (unpaired) electrons. The highest BCUT2D eigenvalue weighted by Crippen LogP contribution is 2.35. The van der Waals surface area contributed by atoms with Gasteiger partial charge in [-0.1, -0.05) is 12.8 Å². The summed E-state index contributed by atoms with van der Waals surface area (Å²) in [5.41, 5.74) is 0.985. The molecule has 1 aromatic rings. The Morgan fingerprint density at radius 1 is 1.35 bits per heavy atom. The third-order valence-corrected chi connectivity index (χ3v) is 4.22. The van der Waals surface area contributed by atoms with Crippen molar-refractivity contribution in [3.63, 3.8) is 0 Å². The van der Waals surface area contributed by atoms with Gasteiger partial charge in [-0.25, -0.2) is 4.79 Å². The summed E-state index contributed by atoms with van der Waals surface area (Å²) >= 11 is 6.81. The van der Waals surface area contributed by atoms with Crippen LogP contribution in [0, 0.1) is 12.3 Å². The first kappa shape index (κ1) is 17.6. The number of hydrogen-bond acceptors (Lipinski definition) is 3. The average molecular weight is 442 g/mol. The highest BCUT2D eigenvalue weighted by molar-refractivity contribution is 9.11. The number of urea groups is 1. The van der Waals surface area contributed by atoms with Crippen molar-refractivity contribution in [2.24, 2.45) is 0 Å². The molecular formula is C16H14Br2N2O3. The van der Waals surface area contributed by atoms with E-state index in [0.29, 0.717) is 27.7 Å². The van der Waals surface area contributed by atoms with Gasteiger partial charge in [-0.05, 0) is 62.1 Å². The summed E-state index contributed by atoms with van der Waals surface area (Å²) < 4.78 is 6.82. The molecule has 0 bridgehead atoms. The summed E-state index contributed by atoms with van der Waals surface area (Å²) in [6, 6.07) is 3.17. The number of ether oxygens (including phenoxy) is 1. The van der Waals surface area contributed by atoms with E-state index in [1.807, 2.05) is 6.92 Å². The molecular weight excluding hydrogens is 428 g/mol. The van der Waals surface area contributed by atoms with Gasteiger partial charge in [-0.3, -0.25) is 9.69 Å². The van der Waals surface area contributed by atoms with Crippen LogP contribution >= 0.6 is 31.9 Å². The van der Waals surface area contributed by atoms with Gasteiger partial charge in [0, 0.05) is 6.54 Å². The second-order valence-corrected chi connectivity index (χ2v) is 6.46. The fraction of sp³-hybridized carbons (Fsp3) is 0.250. The fourth-order valence-corrected chi connectivity index (χ4v) is 3.53. The maximum atomic E-state index is 12.2. The molecule has 1 saturated heterocycles. The van der Waals surface area contributed by atoms with Crippen LogP contribution < -0.4 is 10.1 Å². The minimum atomic E-state index is -0.393. The molecule has 3 amide bonds. The number of halogens is 2. The predicted molar refractivity (Wildman–Crippen MR) is 94.7 cm³/mol. The van der Waals surface area contributed by atoms with E-state index in [4.69, 9.17) is 11.2 Å². The van der Waals surface area contributed by atoms with Gasteiger partial charge in [0.25, 0.3) is 5.91 Å². The van der Waals surface area contributed by atoms with Crippen LogP contribution in [0.3, 0.4) is 0 Å². The molecule has 2 rings (SSSR count). The molecule has 0 aromatic heterocycles. The quantitative estimate of drug-likeness (QED) is 0.432. The number of nitrogens with zero attached hydrogens (tertiary/aromatic N) is 1. The number of carbonyl (C=O) groups excluding carboxylic acids is 2. The van der Waals surface area contributed by atoms with Crippen molar-refractivity contribution in [2.45, 2.75) is 13.3 Å². The number of rotatable bonds is 5. The standard InChI is InChI=1S/C16H14Br2N2O3/c1-3-5-20-15(21)13(19-16(20)22)9-10-7-11(17)14(12(18)8-10)23-6-4-2/h2,7-9H,3,5-6H2,1H3,(H,19,22)/b13-9+. The van der Waals surface area contributed by atoms with Crippen LogP contribution in [-0.4, -0.2) is 30.0 Å². The van der Waals surface area contributed by atoms with Crippen LogP contribution in [0.1, 0.15) is 18.9 Å². The topological polar surface area (TPSA) is 58.6 Å². The van der Waals surface area contributed by atoms with Crippen LogP contribution in [-0.2, 0) is 4.79 Å². The lowest BCUT2D eigenvalue weighted by Gasteiger charge is -2.09. The van der Waals surface area contributed by atoms with Gasteiger partial charge >= 0.3 is 6.03 Å². The summed E-state index contributed by atoms with van der Waals surface area (Å²) in [5, 5.41) is 2.59. The minimum Gasteiger partial charge on any atom is -0.479 e. The lowest BCUT2D eigenvalue weighted by Crippen LogP contribution is -2.31. The SMILES string of the molecule is C#CCOc1c(Br)cc(/C=C2/NC(=O)N(CCC)C2=O)cc1Br. The number of imide groups is 1. The Morgan fingerprint density at radius 3 is 2.57 bits per heavy atom. The van der Waals surface area contributed by atoms with Gasteiger partial charge in [0.2, 0.25) is 0 Å². The van der Waals surface area contributed by atoms with Crippen LogP contribution in [0.25, 0.3) is 6.08 Å². The van der Waals surface area contributed by atoms with E-state index in [2.05, 4.69) is 43.1 Å². The second-order valence-electron chi connectivity index (χ2n) is 4.75. The molecule has 0 saturated carbocycles. The van der Waals surface area contributed by atoms with Crippen LogP contribution in [0.15, 0.2) is 26.8 Å². The fourth-order valence-electron chi connectivity index (χ4n) is 2.08. The Balaban J connectivity index is 2.28. The molecule has 1 N–H and O–H groups in total. The Bertz CT molecular complexity index is 700. The van der Waals surface area contributed by atoms with E-state index in [1.54, 1.807) is 18.2 Å². The van der Waals surface area contributed by atoms with Crippen molar-refractivity contribution in [3.8, 4) is 18.1 Å². The first-order valence-electron chi connectivity index (χ1n) is 6.87. The van der Waals surface area contributed by atoms with Crippen molar-refractivity contribution in [1.29, 1.82) is 0 Å². The molecule has 1 aromatic carbocycles. The third-order valence-electron chi connectivity index (χ3n) is 3.04. The predicted octanol–water partition coefficient (Wildman–Crippen LogP) is 3.53. The monoisotopic (exact) mass is 440 g/mol. The van der Waals surface area contributed by atoms with E-state index in [0.717, 1.165) is 5.56 Å². The van der Waals surface area contributed by atoms with Crippen molar-refractivity contribution >= 4 is 49.9 Å². The molecule has 5 nitrogen and oxygen atoms in total. The van der Waals surface area contributed by atoms with Gasteiger partial charge in [-0.15, -0.1) is 6.42 Å². The van der Waals surface area contributed by atoms with E-state index in [1.165, 1.54) is 4.90 Å². The van der Waals surface area contributed by atoms with Crippen LogP contribution in [0.2, 0.25) is 0 Å². The molecule has 120 valence electrons. The smallest absolute Gasteiger partial charge is 0.329 e. The number of amides is 3. The lowest BCUT2D eigenvalue weighted by atomic mass is 10.2. The van der Waals surface area contributed by atoms with E-state index in [-0.39, 0.29) is 18.2 Å². The Morgan fingerprint density at radius 2 is 2.00 bits per heavy atom. The normalized spacial score (nSPS) is 15.7. The van der Waals surface area contributed by atoms with Gasteiger partial charge in [0.05, 0.1) is 8.95 Å². The van der Waals surface area contributed by atoms with E-state index < -0.39 is 6.03 Å². The van der Waals surface area contributed by atoms with Crippen LogP contribution in [0.5, 0.6) is 5.75 Å². The number of nitrogens with one attached hydrogen (secondary N) is 1. The largest absolute Gasteiger partial charge is 0.479 e. The molecule has 0 spiro atoms.